The Morgan fingerprint density at radius 2 is 0.781 bits per heavy atom. The number of aliphatic hydroxyl groups excluding tert-OH is 7. The summed E-state index contributed by atoms with van der Waals surface area (Å²) in [6, 6.07) is 0. The topological polar surface area (TPSA) is 231 Å². The maximum atomic E-state index is 13.1. The van der Waals surface area contributed by atoms with Gasteiger partial charge >= 0.3 is 11.9 Å². The molecule has 11 atom stereocenters. The van der Waals surface area contributed by atoms with Gasteiger partial charge < -0.3 is 64.2 Å². The normalized spacial score (nSPS) is 24.8. The van der Waals surface area contributed by atoms with Crippen LogP contribution in [0.5, 0.6) is 0 Å². The van der Waals surface area contributed by atoms with Gasteiger partial charge in [-0.2, -0.15) is 0 Å². The van der Waals surface area contributed by atoms with E-state index in [1.54, 1.807) is 0 Å². The number of carbonyl (C=O) groups is 2. The van der Waals surface area contributed by atoms with Crippen LogP contribution in [-0.4, -0.2) is 142 Å². The molecule has 0 aromatic carbocycles. The molecule has 2 heterocycles. The zero-order valence-corrected chi connectivity index (χ0v) is 45.9. The molecule has 15 nitrogen and oxygen atoms in total. The van der Waals surface area contributed by atoms with Crippen molar-refractivity contribution in [2.45, 2.75) is 319 Å². The first-order valence-electron chi connectivity index (χ1n) is 29.8. The van der Waals surface area contributed by atoms with Crippen LogP contribution < -0.4 is 0 Å². The summed E-state index contributed by atoms with van der Waals surface area (Å²) in [5, 5.41) is 72.3. The summed E-state index contributed by atoms with van der Waals surface area (Å²) in [7, 11) is 0. The molecule has 2 saturated heterocycles. The summed E-state index contributed by atoms with van der Waals surface area (Å²) in [5.74, 6) is -0.914. The van der Waals surface area contributed by atoms with Crippen molar-refractivity contribution in [3.05, 3.63) is 12.2 Å². The van der Waals surface area contributed by atoms with E-state index in [2.05, 4.69) is 26.0 Å². The van der Waals surface area contributed by atoms with E-state index in [0.29, 0.717) is 12.8 Å². The first kappa shape index (κ1) is 67.3. The van der Waals surface area contributed by atoms with Gasteiger partial charge in [0.15, 0.2) is 18.7 Å². The molecular formula is C58H108O15. The Bertz CT molecular complexity index is 1320. The lowest BCUT2D eigenvalue weighted by atomic mass is 9.98. The minimum absolute atomic E-state index is 0.165. The second kappa shape index (κ2) is 45.3. The fraction of sp³-hybridized carbons (Fsp3) is 0.931. The van der Waals surface area contributed by atoms with E-state index in [4.69, 9.17) is 28.4 Å². The zero-order chi connectivity index (χ0) is 53.2. The smallest absolute Gasteiger partial charge is 0.306 e. The molecule has 73 heavy (non-hydrogen) atoms. The van der Waals surface area contributed by atoms with Crippen LogP contribution in [0.1, 0.15) is 251 Å². The molecule has 2 aliphatic heterocycles. The van der Waals surface area contributed by atoms with Gasteiger partial charge in [-0.15, -0.1) is 0 Å². The minimum Gasteiger partial charge on any atom is -0.462 e. The molecule has 0 aromatic heterocycles. The lowest BCUT2D eigenvalue weighted by Gasteiger charge is -2.42. The lowest BCUT2D eigenvalue weighted by molar-refractivity contribution is -0.332. The lowest BCUT2D eigenvalue weighted by Crippen LogP contribution is -2.61. The van der Waals surface area contributed by atoms with Gasteiger partial charge in [-0.3, -0.25) is 9.59 Å². The maximum Gasteiger partial charge on any atom is 0.306 e. The SMILES string of the molecule is CCCCCCCC/C=C\CCCCCCCCCC(=O)OC(COC(=O)CCCCCCCCCCCCCCCCCCCCCC)COC1OC(COC2OC(CO)C(O)C(O)C2O)C(O)C(O)C1O. The van der Waals surface area contributed by atoms with Crippen molar-refractivity contribution >= 4 is 11.9 Å². The molecular weight excluding hydrogens is 937 g/mol. The van der Waals surface area contributed by atoms with Crippen LogP contribution in [0, 0.1) is 0 Å². The molecule has 11 unspecified atom stereocenters. The van der Waals surface area contributed by atoms with Crippen molar-refractivity contribution in [3.8, 4) is 0 Å². The molecule has 0 amide bonds. The fourth-order valence-electron chi connectivity index (χ4n) is 9.63. The Labute approximate surface area is 441 Å². The van der Waals surface area contributed by atoms with Gasteiger partial charge in [0.05, 0.1) is 19.8 Å². The monoisotopic (exact) mass is 1040 g/mol. The van der Waals surface area contributed by atoms with Crippen LogP contribution >= 0.6 is 0 Å². The second-order valence-electron chi connectivity index (χ2n) is 21.2. The van der Waals surface area contributed by atoms with Crippen molar-refractivity contribution in [1.29, 1.82) is 0 Å². The molecule has 0 saturated carbocycles. The minimum atomic E-state index is -1.76. The Hall–Kier alpha value is -1.76. The molecule has 0 aliphatic carbocycles. The summed E-state index contributed by atoms with van der Waals surface area (Å²) in [4.78, 5) is 25.9. The van der Waals surface area contributed by atoms with Crippen molar-refractivity contribution < 1.29 is 73.8 Å². The number of esters is 2. The summed E-state index contributed by atoms with van der Waals surface area (Å²) in [5.41, 5.74) is 0. The van der Waals surface area contributed by atoms with Crippen LogP contribution in [0.15, 0.2) is 12.2 Å². The molecule has 0 aromatic rings. The van der Waals surface area contributed by atoms with E-state index in [9.17, 15) is 45.3 Å². The van der Waals surface area contributed by atoms with Gasteiger partial charge in [0, 0.05) is 12.8 Å². The highest BCUT2D eigenvalue weighted by atomic mass is 16.7. The quantitative estimate of drug-likeness (QED) is 0.0171. The van der Waals surface area contributed by atoms with Gasteiger partial charge in [0.25, 0.3) is 0 Å². The summed E-state index contributed by atoms with van der Waals surface area (Å²) in [6.45, 7) is 2.64. The highest BCUT2D eigenvalue weighted by Gasteiger charge is 2.47. The first-order valence-corrected chi connectivity index (χ1v) is 29.8. The molecule has 0 radical (unpaired) electrons. The van der Waals surface area contributed by atoms with Crippen LogP contribution in [0.3, 0.4) is 0 Å². The number of hydrogen-bond donors (Lipinski definition) is 7. The van der Waals surface area contributed by atoms with Crippen molar-refractivity contribution in [1.82, 2.24) is 0 Å². The molecule has 2 aliphatic rings. The number of unbranched alkanes of at least 4 members (excludes halogenated alkanes) is 32. The molecule has 2 fully saturated rings. The number of allylic oxidation sites excluding steroid dienone is 2. The van der Waals surface area contributed by atoms with Gasteiger partial charge in [-0.1, -0.05) is 212 Å². The fourth-order valence-corrected chi connectivity index (χ4v) is 9.63. The number of rotatable bonds is 48. The van der Waals surface area contributed by atoms with Crippen molar-refractivity contribution in [3.63, 3.8) is 0 Å². The van der Waals surface area contributed by atoms with Crippen LogP contribution in [0.25, 0.3) is 0 Å². The largest absolute Gasteiger partial charge is 0.462 e. The third kappa shape index (κ3) is 32.6. The Morgan fingerprint density at radius 1 is 0.425 bits per heavy atom. The molecule has 430 valence electrons. The average Bonchev–Trinajstić information content (AvgIpc) is 3.38. The Balaban J connectivity index is 1.74. The van der Waals surface area contributed by atoms with E-state index in [1.807, 2.05) is 0 Å². The molecule has 15 heteroatoms. The number of aliphatic hydroxyl groups is 7. The standard InChI is InChI=1S/C58H108O15/c1-3-5-7-9-11-13-15-17-19-21-22-23-25-26-28-30-32-34-36-38-40-49(60)68-43-46(71-50(61)41-39-37-35-33-31-29-27-24-20-18-16-14-12-10-8-6-4-2)44-69-57-56(67)54(65)52(63)48(73-57)45-70-58-55(66)53(64)51(62)47(42-59)72-58/h18,20,46-48,51-59,62-67H,3-17,19,21-45H2,1-2H3/b20-18-. The number of carbonyl (C=O) groups excluding carboxylic acids is 2. The van der Waals surface area contributed by atoms with Crippen molar-refractivity contribution in [2.24, 2.45) is 0 Å². The summed E-state index contributed by atoms with van der Waals surface area (Å²) >= 11 is 0. The first-order chi connectivity index (χ1) is 35.5. The molecule has 0 bridgehead atoms. The third-order valence-corrected chi connectivity index (χ3v) is 14.5. The van der Waals surface area contributed by atoms with Crippen LogP contribution in [-0.2, 0) is 38.0 Å². The van der Waals surface area contributed by atoms with Gasteiger partial charge in [0.2, 0.25) is 0 Å². The van der Waals surface area contributed by atoms with Gasteiger partial charge in [0.1, 0.15) is 55.4 Å². The second-order valence-corrected chi connectivity index (χ2v) is 21.2. The van der Waals surface area contributed by atoms with E-state index < -0.39 is 92.7 Å². The maximum absolute atomic E-state index is 13.1. The van der Waals surface area contributed by atoms with E-state index in [0.717, 1.165) is 51.4 Å². The van der Waals surface area contributed by atoms with E-state index in [1.165, 1.54) is 161 Å². The zero-order valence-electron chi connectivity index (χ0n) is 45.9. The van der Waals surface area contributed by atoms with E-state index >= 15 is 0 Å². The molecule has 7 N–H and O–H groups in total. The van der Waals surface area contributed by atoms with Crippen LogP contribution in [0.4, 0.5) is 0 Å². The molecule has 2 rings (SSSR count). The predicted molar refractivity (Wildman–Crippen MR) is 285 cm³/mol. The Kier molecular flexibility index (Phi) is 41.8. The number of hydrogen-bond acceptors (Lipinski definition) is 15. The van der Waals surface area contributed by atoms with Gasteiger partial charge in [-0.25, -0.2) is 0 Å². The predicted octanol–water partition coefficient (Wildman–Crippen LogP) is 10.1. The molecule has 0 spiro atoms. The summed E-state index contributed by atoms with van der Waals surface area (Å²) < 4.78 is 33.7. The van der Waals surface area contributed by atoms with E-state index in [-0.39, 0.29) is 26.1 Å². The van der Waals surface area contributed by atoms with Crippen molar-refractivity contribution in [2.75, 3.05) is 26.4 Å². The van der Waals surface area contributed by atoms with Gasteiger partial charge in [-0.05, 0) is 38.5 Å². The highest BCUT2D eigenvalue weighted by Crippen LogP contribution is 2.27. The highest BCUT2D eigenvalue weighted by molar-refractivity contribution is 5.70. The third-order valence-electron chi connectivity index (χ3n) is 14.5. The summed E-state index contributed by atoms with van der Waals surface area (Å²) in [6.07, 6.45) is 30.9. The Morgan fingerprint density at radius 3 is 1.21 bits per heavy atom. The number of ether oxygens (including phenoxy) is 6. The average molecular weight is 1050 g/mol. The van der Waals surface area contributed by atoms with Crippen LogP contribution in [0.2, 0.25) is 0 Å².